The fourth-order valence-corrected chi connectivity index (χ4v) is 3.27. The Kier molecular flexibility index (Phi) is 7.79. The predicted molar refractivity (Wildman–Crippen MR) is 102 cm³/mol. The fourth-order valence-electron chi connectivity index (χ4n) is 2.91. The number of urea groups is 1. The number of allylic oxidation sites excluding steroid dienone is 1. The Labute approximate surface area is 163 Å². The van der Waals surface area contributed by atoms with E-state index in [-0.39, 0.29) is 10.7 Å². The molecule has 146 valence electrons. The van der Waals surface area contributed by atoms with Crippen LogP contribution in [0.1, 0.15) is 53.7 Å². The number of hydrogen-bond donors (Lipinski definition) is 2. The molecule has 2 rings (SSSR count). The summed E-state index contributed by atoms with van der Waals surface area (Å²) in [4.78, 5) is 39.6. The van der Waals surface area contributed by atoms with E-state index in [1.54, 1.807) is 19.9 Å². The third-order valence-corrected chi connectivity index (χ3v) is 4.48. The molecular weight excluding hydrogens is 370 g/mol. The molecule has 0 aliphatic heterocycles. The lowest BCUT2D eigenvalue weighted by molar-refractivity contribution is -0.123. The summed E-state index contributed by atoms with van der Waals surface area (Å²) in [6.45, 7) is 3.33. The molecule has 27 heavy (non-hydrogen) atoms. The van der Waals surface area contributed by atoms with E-state index >= 15 is 0 Å². The largest absolute Gasteiger partial charge is 0.452 e. The van der Waals surface area contributed by atoms with Crippen molar-refractivity contribution in [2.45, 2.75) is 46.0 Å². The Morgan fingerprint density at radius 1 is 1.26 bits per heavy atom. The lowest BCUT2D eigenvalue weighted by atomic mass is 9.97. The van der Waals surface area contributed by atoms with Gasteiger partial charge in [-0.15, -0.1) is 0 Å². The van der Waals surface area contributed by atoms with Crippen molar-refractivity contribution < 1.29 is 19.1 Å². The molecule has 2 N–H and O–H groups in total. The maximum absolute atomic E-state index is 12.1. The third-order valence-electron chi connectivity index (χ3n) is 4.21. The van der Waals surface area contributed by atoms with Crippen LogP contribution in [0.15, 0.2) is 17.7 Å². The monoisotopic (exact) mass is 393 g/mol. The zero-order chi connectivity index (χ0) is 19.8. The van der Waals surface area contributed by atoms with Gasteiger partial charge in [-0.1, -0.05) is 23.3 Å². The number of hydrogen-bond acceptors (Lipinski definition) is 5. The Bertz CT molecular complexity index is 738. The van der Waals surface area contributed by atoms with Gasteiger partial charge >= 0.3 is 12.0 Å². The quantitative estimate of drug-likeness (QED) is 0.439. The number of carbonyl (C=O) groups excluding carboxylic acids is 3. The highest BCUT2D eigenvalue weighted by atomic mass is 35.5. The molecule has 1 heterocycles. The van der Waals surface area contributed by atoms with E-state index in [0.29, 0.717) is 17.8 Å². The van der Waals surface area contributed by atoms with E-state index < -0.39 is 24.5 Å². The average molecular weight is 394 g/mol. The first kappa shape index (κ1) is 20.9. The van der Waals surface area contributed by atoms with Crippen molar-refractivity contribution in [3.63, 3.8) is 0 Å². The molecule has 3 amide bonds. The number of pyridine rings is 1. The van der Waals surface area contributed by atoms with Crippen molar-refractivity contribution in [1.82, 2.24) is 15.6 Å². The Morgan fingerprint density at radius 3 is 2.70 bits per heavy atom. The van der Waals surface area contributed by atoms with Crippen LogP contribution in [0.5, 0.6) is 0 Å². The van der Waals surface area contributed by atoms with Crippen LogP contribution in [0.3, 0.4) is 0 Å². The van der Waals surface area contributed by atoms with E-state index in [4.69, 9.17) is 16.3 Å². The molecule has 1 aliphatic carbocycles. The summed E-state index contributed by atoms with van der Waals surface area (Å²) in [7, 11) is 0. The number of nitrogens with zero attached hydrogens (tertiary/aromatic N) is 1. The molecule has 0 saturated heterocycles. The molecule has 0 radical (unpaired) electrons. The maximum atomic E-state index is 12.1. The number of aryl methyl sites for hydroxylation is 2. The lowest BCUT2D eigenvalue weighted by Gasteiger charge is -2.13. The third kappa shape index (κ3) is 6.67. The zero-order valence-electron chi connectivity index (χ0n) is 15.6. The van der Waals surface area contributed by atoms with Crippen molar-refractivity contribution in [3.05, 3.63) is 39.7 Å². The van der Waals surface area contributed by atoms with Gasteiger partial charge in [0.1, 0.15) is 5.15 Å². The molecule has 0 unspecified atom stereocenters. The van der Waals surface area contributed by atoms with Crippen LogP contribution in [0.2, 0.25) is 5.15 Å². The van der Waals surface area contributed by atoms with Gasteiger partial charge in [0, 0.05) is 12.2 Å². The van der Waals surface area contributed by atoms with E-state index in [1.807, 2.05) is 0 Å². The van der Waals surface area contributed by atoms with Crippen molar-refractivity contribution in [3.8, 4) is 0 Å². The summed E-state index contributed by atoms with van der Waals surface area (Å²) in [5, 5.41) is 4.77. The minimum absolute atomic E-state index is 0.0210. The molecule has 1 aromatic heterocycles. The normalized spacial score (nSPS) is 13.5. The SMILES string of the molecule is Cc1cc(C)c(C(=O)OCC(=O)NC(=O)NCCC2=CCCCC2)c(Cl)n1. The number of aromatic nitrogens is 1. The number of carbonyl (C=O) groups is 3. The predicted octanol–water partition coefficient (Wildman–Crippen LogP) is 3.22. The molecule has 1 aromatic rings. The average Bonchev–Trinajstić information content (AvgIpc) is 2.60. The summed E-state index contributed by atoms with van der Waals surface area (Å²) in [6, 6.07) is 1.08. The first-order chi connectivity index (χ1) is 12.9. The highest BCUT2D eigenvalue weighted by Crippen LogP contribution is 2.20. The van der Waals surface area contributed by atoms with Crippen molar-refractivity contribution in [1.29, 1.82) is 0 Å². The second-order valence-corrected chi connectivity index (χ2v) is 6.84. The molecule has 7 nitrogen and oxygen atoms in total. The van der Waals surface area contributed by atoms with Crippen LogP contribution in [0, 0.1) is 13.8 Å². The van der Waals surface area contributed by atoms with E-state index in [0.717, 1.165) is 19.3 Å². The second-order valence-electron chi connectivity index (χ2n) is 6.48. The van der Waals surface area contributed by atoms with Crippen molar-refractivity contribution >= 4 is 29.5 Å². The van der Waals surface area contributed by atoms with Gasteiger partial charge in [0.15, 0.2) is 6.61 Å². The van der Waals surface area contributed by atoms with Gasteiger partial charge in [0.2, 0.25) is 0 Å². The van der Waals surface area contributed by atoms with Crippen molar-refractivity contribution in [2.24, 2.45) is 0 Å². The molecule has 0 spiro atoms. The Morgan fingerprint density at radius 2 is 2.04 bits per heavy atom. The van der Waals surface area contributed by atoms with E-state index in [9.17, 15) is 14.4 Å². The molecular formula is C19H24ClN3O4. The van der Waals surface area contributed by atoms with Gasteiger partial charge in [-0.2, -0.15) is 0 Å². The summed E-state index contributed by atoms with van der Waals surface area (Å²) in [5.74, 6) is -1.48. The summed E-state index contributed by atoms with van der Waals surface area (Å²) < 4.78 is 4.93. The molecule has 0 bridgehead atoms. The number of nitrogens with one attached hydrogen (secondary N) is 2. The minimum Gasteiger partial charge on any atom is -0.452 e. The fraction of sp³-hybridized carbons (Fsp3) is 0.474. The number of rotatable bonds is 6. The topological polar surface area (TPSA) is 97.4 Å². The number of halogens is 1. The van der Waals surface area contributed by atoms with Crippen LogP contribution in [0.4, 0.5) is 4.79 Å². The smallest absolute Gasteiger partial charge is 0.342 e. The van der Waals surface area contributed by atoms with Crippen molar-refractivity contribution in [2.75, 3.05) is 13.2 Å². The van der Waals surface area contributed by atoms with Crippen LogP contribution in [-0.2, 0) is 9.53 Å². The van der Waals surface area contributed by atoms with Gasteiger partial charge in [0.25, 0.3) is 5.91 Å². The van der Waals surface area contributed by atoms with Gasteiger partial charge in [-0.05, 0) is 57.6 Å². The highest BCUT2D eigenvalue weighted by molar-refractivity contribution is 6.32. The zero-order valence-corrected chi connectivity index (χ0v) is 16.3. The van der Waals surface area contributed by atoms with Gasteiger partial charge in [0.05, 0.1) is 5.56 Å². The second kappa shape index (κ2) is 10.1. The molecule has 0 fully saturated rings. The first-order valence-electron chi connectivity index (χ1n) is 8.93. The van der Waals surface area contributed by atoms with E-state index in [2.05, 4.69) is 21.7 Å². The number of amides is 3. The molecule has 0 saturated carbocycles. The van der Waals surface area contributed by atoms with E-state index in [1.165, 1.54) is 18.4 Å². The lowest BCUT2D eigenvalue weighted by Crippen LogP contribution is -2.41. The maximum Gasteiger partial charge on any atom is 0.342 e. The van der Waals surface area contributed by atoms with Gasteiger partial charge in [-0.25, -0.2) is 14.6 Å². The summed E-state index contributed by atoms with van der Waals surface area (Å²) in [6.07, 6.45) is 7.53. The molecule has 0 atom stereocenters. The van der Waals surface area contributed by atoms with Gasteiger partial charge in [-0.3, -0.25) is 10.1 Å². The minimum atomic E-state index is -0.759. The summed E-state index contributed by atoms with van der Waals surface area (Å²) in [5.41, 5.74) is 2.72. The standard InChI is InChI=1S/C19H24ClN3O4/c1-12-10-13(2)22-17(20)16(12)18(25)27-11-15(24)23-19(26)21-9-8-14-6-4-3-5-7-14/h6,10H,3-5,7-9,11H2,1-2H3,(H2,21,23,24,26). The molecule has 8 heteroatoms. The van der Waals surface area contributed by atoms with Crippen LogP contribution < -0.4 is 10.6 Å². The Hall–Kier alpha value is -2.41. The van der Waals surface area contributed by atoms with Gasteiger partial charge < -0.3 is 10.1 Å². The van der Waals surface area contributed by atoms with Crippen LogP contribution >= 0.6 is 11.6 Å². The summed E-state index contributed by atoms with van der Waals surface area (Å²) >= 11 is 5.97. The number of ether oxygens (including phenoxy) is 1. The van der Waals surface area contributed by atoms with Crippen LogP contribution in [0.25, 0.3) is 0 Å². The first-order valence-corrected chi connectivity index (χ1v) is 9.31. The number of imide groups is 1. The Balaban J connectivity index is 1.73. The van der Waals surface area contributed by atoms with Crippen LogP contribution in [-0.4, -0.2) is 36.0 Å². The molecule has 0 aromatic carbocycles. The number of esters is 1. The highest BCUT2D eigenvalue weighted by Gasteiger charge is 2.18. The molecule has 1 aliphatic rings.